The molecule has 1 aromatic rings. The van der Waals surface area contributed by atoms with E-state index in [4.69, 9.17) is 0 Å². The molecular weight excluding hydrogens is 272 g/mol. The number of likely N-dealkylation sites (tertiary alicyclic amines) is 1. The number of benzene rings is 1. The molecule has 0 spiro atoms. The molecule has 1 saturated heterocycles. The zero-order chi connectivity index (χ0) is 15.2. The van der Waals surface area contributed by atoms with E-state index in [-0.39, 0.29) is 18.9 Å². The third kappa shape index (κ3) is 2.94. The third-order valence-electron chi connectivity index (χ3n) is 4.74. The van der Waals surface area contributed by atoms with Crippen molar-refractivity contribution in [2.24, 2.45) is 11.8 Å². The van der Waals surface area contributed by atoms with Crippen LogP contribution in [0.15, 0.2) is 24.3 Å². The van der Waals surface area contributed by atoms with Gasteiger partial charge in [-0.2, -0.15) is 0 Å². The van der Waals surface area contributed by atoms with Crippen molar-refractivity contribution in [1.29, 1.82) is 0 Å². The van der Waals surface area contributed by atoms with Crippen LogP contribution in [0.1, 0.15) is 48.5 Å². The van der Waals surface area contributed by atoms with E-state index >= 15 is 0 Å². The highest BCUT2D eigenvalue weighted by molar-refractivity contribution is 5.94. The van der Waals surface area contributed by atoms with E-state index in [1.165, 1.54) is 16.9 Å². The van der Waals surface area contributed by atoms with Crippen LogP contribution in [0.2, 0.25) is 0 Å². The van der Waals surface area contributed by atoms with Crippen molar-refractivity contribution in [3.8, 4) is 0 Å². The van der Waals surface area contributed by atoms with Crippen molar-refractivity contribution in [3.05, 3.63) is 35.4 Å². The Balaban J connectivity index is 1.66. The highest BCUT2D eigenvalue weighted by Crippen LogP contribution is 2.51. The first-order chi connectivity index (χ1) is 9.87. The lowest BCUT2D eigenvalue weighted by Gasteiger charge is -2.16. The number of halogens is 2. The monoisotopic (exact) mass is 293 g/mol. The maximum Gasteiger partial charge on any atom is 0.267 e. The van der Waals surface area contributed by atoms with Gasteiger partial charge in [0.2, 0.25) is 0 Å². The molecule has 1 amide bonds. The van der Waals surface area contributed by atoms with Crippen molar-refractivity contribution in [1.82, 2.24) is 4.90 Å². The predicted molar refractivity (Wildman–Crippen MR) is 77.6 cm³/mol. The van der Waals surface area contributed by atoms with E-state index in [2.05, 4.69) is 13.8 Å². The highest BCUT2D eigenvalue weighted by Gasteiger charge is 2.41. The van der Waals surface area contributed by atoms with Crippen molar-refractivity contribution in [2.75, 3.05) is 13.1 Å². The molecule has 1 aliphatic heterocycles. The summed E-state index contributed by atoms with van der Waals surface area (Å²) in [5, 5.41) is 0. The zero-order valence-corrected chi connectivity index (χ0v) is 12.5. The summed E-state index contributed by atoms with van der Waals surface area (Å²) in [5.74, 6) is -0.985. The summed E-state index contributed by atoms with van der Waals surface area (Å²) < 4.78 is 26.3. The van der Waals surface area contributed by atoms with Crippen LogP contribution in [0.5, 0.6) is 0 Å². The van der Waals surface area contributed by atoms with Crippen LogP contribution in [-0.2, 0) is 0 Å². The molecule has 1 aliphatic carbocycles. The molecule has 21 heavy (non-hydrogen) atoms. The summed E-state index contributed by atoms with van der Waals surface area (Å²) in [6, 6.07) is 7.52. The van der Waals surface area contributed by atoms with Gasteiger partial charge in [-0.15, -0.1) is 0 Å². The van der Waals surface area contributed by atoms with E-state index in [1.807, 2.05) is 12.1 Å². The molecule has 3 rings (SSSR count). The number of alkyl halides is 2. The van der Waals surface area contributed by atoms with Gasteiger partial charge in [0.25, 0.3) is 11.8 Å². The van der Waals surface area contributed by atoms with E-state index in [0.717, 1.165) is 5.92 Å². The number of hydrogen-bond donors (Lipinski definition) is 0. The number of carbonyl (C=O) groups excluding carboxylic acids is 1. The summed E-state index contributed by atoms with van der Waals surface area (Å²) in [4.78, 5) is 13.4. The fourth-order valence-electron chi connectivity index (χ4n) is 3.30. The molecule has 2 aliphatic rings. The van der Waals surface area contributed by atoms with Crippen LogP contribution in [0.25, 0.3) is 0 Å². The fraction of sp³-hybridized carbons (Fsp3) is 0.588. The Morgan fingerprint density at radius 1 is 1.29 bits per heavy atom. The highest BCUT2D eigenvalue weighted by atomic mass is 19.3. The quantitative estimate of drug-likeness (QED) is 0.827. The zero-order valence-electron chi connectivity index (χ0n) is 12.5. The molecule has 0 unspecified atom stereocenters. The minimum Gasteiger partial charge on any atom is -0.332 e. The minimum atomic E-state index is -2.73. The number of rotatable bonds is 3. The van der Waals surface area contributed by atoms with Gasteiger partial charge in [-0.25, -0.2) is 8.78 Å². The largest absolute Gasteiger partial charge is 0.332 e. The topological polar surface area (TPSA) is 20.3 Å². The van der Waals surface area contributed by atoms with Crippen LogP contribution in [0, 0.1) is 11.8 Å². The van der Waals surface area contributed by atoms with Gasteiger partial charge in [0.05, 0.1) is 6.54 Å². The summed E-state index contributed by atoms with van der Waals surface area (Å²) in [5.41, 5.74) is 1.77. The standard InChI is InChI=1S/C17H21F2NO/c1-11(2)14-9-15(14)12-3-5-13(6-4-12)16(21)20-8-7-17(18,19)10-20/h3-6,11,14-15H,7-10H2,1-2H3/t14-,15-/m1/s1. The average Bonchev–Trinajstić information content (AvgIpc) is 3.16. The van der Waals surface area contributed by atoms with Gasteiger partial charge in [-0.1, -0.05) is 26.0 Å². The maximum atomic E-state index is 13.2. The number of carbonyl (C=O) groups is 1. The van der Waals surface area contributed by atoms with E-state index in [1.54, 1.807) is 12.1 Å². The average molecular weight is 293 g/mol. The lowest BCUT2D eigenvalue weighted by Crippen LogP contribution is -2.31. The van der Waals surface area contributed by atoms with Gasteiger partial charge in [-0.05, 0) is 41.9 Å². The Kier molecular flexibility index (Phi) is 3.50. The number of nitrogens with zero attached hydrogens (tertiary/aromatic N) is 1. The number of amides is 1. The van der Waals surface area contributed by atoms with Crippen molar-refractivity contribution >= 4 is 5.91 Å². The Labute approximate surface area is 124 Å². The summed E-state index contributed by atoms with van der Waals surface area (Å²) in [6.07, 6.45) is 0.984. The Bertz CT molecular complexity index is 538. The van der Waals surface area contributed by atoms with Gasteiger partial charge in [-0.3, -0.25) is 4.79 Å². The summed E-state index contributed by atoms with van der Waals surface area (Å²) >= 11 is 0. The Morgan fingerprint density at radius 2 is 1.95 bits per heavy atom. The molecule has 2 nitrogen and oxygen atoms in total. The molecule has 1 heterocycles. The third-order valence-corrected chi connectivity index (χ3v) is 4.74. The van der Waals surface area contributed by atoms with Gasteiger partial charge in [0.15, 0.2) is 0 Å². The van der Waals surface area contributed by atoms with Gasteiger partial charge in [0.1, 0.15) is 0 Å². The van der Waals surface area contributed by atoms with Crippen LogP contribution in [0.4, 0.5) is 8.78 Å². The molecule has 2 fully saturated rings. The summed E-state index contributed by atoms with van der Waals surface area (Å²) in [7, 11) is 0. The first-order valence-corrected chi connectivity index (χ1v) is 7.64. The number of hydrogen-bond acceptors (Lipinski definition) is 1. The molecule has 1 saturated carbocycles. The molecule has 0 aromatic heterocycles. The minimum absolute atomic E-state index is 0.144. The molecule has 2 atom stereocenters. The second kappa shape index (κ2) is 5.08. The molecule has 114 valence electrons. The van der Waals surface area contributed by atoms with Crippen molar-refractivity contribution in [3.63, 3.8) is 0 Å². The van der Waals surface area contributed by atoms with E-state index in [9.17, 15) is 13.6 Å². The normalized spacial score (nSPS) is 27.2. The van der Waals surface area contributed by atoms with E-state index < -0.39 is 12.5 Å². The maximum absolute atomic E-state index is 13.2. The lowest BCUT2D eigenvalue weighted by molar-refractivity contribution is 0.0120. The van der Waals surface area contributed by atoms with E-state index in [0.29, 0.717) is 17.4 Å². The summed E-state index contributed by atoms with van der Waals surface area (Å²) in [6.45, 7) is 4.16. The van der Waals surface area contributed by atoms with Crippen LogP contribution in [-0.4, -0.2) is 29.8 Å². The first kappa shape index (κ1) is 14.5. The predicted octanol–water partition coefficient (Wildman–Crippen LogP) is 3.93. The molecule has 0 radical (unpaired) electrons. The molecular formula is C17H21F2NO. The van der Waals surface area contributed by atoms with Crippen LogP contribution >= 0.6 is 0 Å². The molecule has 0 N–H and O–H groups in total. The molecule has 4 heteroatoms. The lowest BCUT2D eigenvalue weighted by atomic mass is 10.0. The van der Waals surface area contributed by atoms with Crippen LogP contribution in [0.3, 0.4) is 0 Å². The molecule has 0 bridgehead atoms. The Morgan fingerprint density at radius 3 is 2.43 bits per heavy atom. The van der Waals surface area contributed by atoms with Crippen LogP contribution < -0.4 is 0 Å². The smallest absolute Gasteiger partial charge is 0.267 e. The first-order valence-electron chi connectivity index (χ1n) is 7.64. The fourth-order valence-corrected chi connectivity index (χ4v) is 3.30. The van der Waals surface area contributed by atoms with Crippen molar-refractivity contribution in [2.45, 2.75) is 38.5 Å². The van der Waals surface area contributed by atoms with Gasteiger partial charge in [0, 0.05) is 18.5 Å². The second-order valence-corrected chi connectivity index (χ2v) is 6.70. The Hall–Kier alpha value is -1.45. The van der Waals surface area contributed by atoms with Gasteiger partial charge < -0.3 is 4.90 Å². The second-order valence-electron chi connectivity index (χ2n) is 6.70. The SMILES string of the molecule is CC(C)[C@H]1C[C@@H]1c1ccc(C(=O)N2CCC(F)(F)C2)cc1. The van der Waals surface area contributed by atoms with Gasteiger partial charge >= 0.3 is 0 Å². The van der Waals surface area contributed by atoms with Crippen molar-refractivity contribution < 1.29 is 13.6 Å². The molecule has 1 aromatic carbocycles.